The van der Waals surface area contributed by atoms with Crippen LogP contribution in [-0.2, 0) is 6.18 Å². The molecule has 0 saturated heterocycles. The van der Waals surface area contributed by atoms with Crippen molar-refractivity contribution in [1.82, 2.24) is 0 Å². The number of hydrogen-bond donors (Lipinski definition) is 1. The average Bonchev–Trinajstić information content (AvgIpc) is 2.82. The van der Waals surface area contributed by atoms with Crippen LogP contribution in [0.2, 0.25) is 0 Å². The molecular weight excluding hydrogens is 285 g/mol. The molecule has 2 rings (SSSR count). The fourth-order valence-corrected chi connectivity index (χ4v) is 3.38. The number of halogens is 3. The van der Waals surface area contributed by atoms with Crippen molar-refractivity contribution in [3.63, 3.8) is 0 Å². The zero-order chi connectivity index (χ0) is 14.8. The van der Waals surface area contributed by atoms with E-state index in [1.807, 2.05) is 0 Å². The van der Waals surface area contributed by atoms with Gasteiger partial charge in [0.25, 0.3) is 0 Å². The van der Waals surface area contributed by atoms with E-state index in [1.54, 1.807) is 17.8 Å². The van der Waals surface area contributed by atoms with Gasteiger partial charge in [-0.1, -0.05) is 31.7 Å². The molecule has 2 nitrogen and oxygen atoms in total. The Labute approximate surface area is 120 Å². The Kier molecular flexibility index (Phi) is 4.32. The maximum Gasteiger partial charge on any atom is 0.416 e. The fraction of sp³-hybridized carbons (Fsp3) is 0.500. The molecule has 0 spiro atoms. The highest BCUT2D eigenvalue weighted by molar-refractivity contribution is 8.14. The predicted octanol–water partition coefficient (Wildman–Crippen LogP) is 4.78. The topological polar surface area (TPSA) is 24.4 Å². The third kappa shape index (κ3) is 3.29. The van der Waals surface area contributed by atoms with E-state index >= 15 is 0 Å². The lowest BCUT2D eigenvalue weighted by Gasteiger charge is -2.20. The molecule has 6 heteroatoms. The van der Waals surface area contributed by atoms with Crippen molar-refractivity contribution in [2.24, 2.45) is 4.99 Å². The number of aliphatic imine (C=N–C) groups is 1. The zero-order valence-corrected chi connectivity index (χ0v) is 12.2. The molecule has 0 unspecified atom stereocenters. The molecule has 0 amide bonds. The smallest absolute Gasteiger partial charge is 0.335 e. The van der Waals surface area contributed by atoms with Gasteiger partial charge in [0, 0.05) is 11.4 Å². The Hall–Kier alpha value is -1.17. The summed E-state index contributed by atoms with van der Waals surface area (Å²) in [7, 11) is 0. The molecule has 110 valence electrons. The minimum absolute atomic E-state index is 0.0748. The molecule has 0 bridgehead atoms. The standard InChI is InChI=1S/C14H17F3N2S/c1-3-13(4-2)9-20-12(19-13)18-11-7-5-6-10(8-11)14(15,16)17/h5-8H,3-4,9H2,1-2H3,(H,18,19). The van der Waals surface area contributed by atoms with Gasteiger partial charge in [0.1, 0.15) is 0 Å². The quantitative estimate of drug-likeness (QED) is 0.869. The first-order valence-electron chi connectivity index (χ1n) is 6.55. The molecule has 1 aromatic rings. The van der Waals surface area contributed by atoms with Gasteiger partial charge in [-0.25, -0.2) is 0 Å². The number of amidine groups is 1. The first kappa shape index (κ1) is 15.2. The number of benzene rings is 1. The van der Waals surface area contributed by atoms with Gasteiger partial charge in [0.15, 0.2) is 5.17 Å². The molecule has 0 aliphatic carbocycles. The van der Waals surface area contributed by atoms with Crippen LogP contribution in [0.5, 0.6) is 0 Å². The second-order valence-corrected chi connectivity index (χ2v) is 5.80. The van der Waals surface area contributed by atoms with Crippen molar-refractivity contribution in [3.05, 3.63) is 29.8 Å². The van der Waals surface area contributed by atoms with Gasteiger partial charge in [-0.3, -0.25) is 4.99 Å². The number of rotatable bonds is 3. The molecule has 0 saturated carbocycles. The highest BCUT2D eigenvalue weighted by Crippen LogP contribution is 2.35. The lowest BCUT2D eigenvalue weighted by molar-refractivity contribution is -0.137. The zero-order valence-electron chi connectivity index (χ0n) is 11.4. The monoisotopic (exact) mass is 302 g/mol. The van der Waals surface area contributed by atoms with Gasteiger partial charge < -0.3 is 5.32 Å². The molecule has 1 aliphatic heterocycles. The Bertz CT molecular complexity index is 507. The van der Waals surface area contributed by atoms with Crippen molar-refractivity contribution < 1.29 is 13.2 Å². The van der Waals surface area contributed by atoms with Crippen molar-refractivity contribution >= 4 is 22.6 Å². The second-order valence-electron chi connectivity index (χ2n) is 4.84. The predicted molar refractivity (Wildman–Crippen MR) is 78.3 cm³/mol. The van der Waals surface area contributed by atoms with Gasteiger partial charge in [-0.2, -0.15) is 13.2 Å². The highest BCUT2D eigenvalue weighted by atomic mass is 32.2. The normalized spacial score (nSPS) is 17.9. The molecule has 20 heavy (non-hydrogen) atoms. The van der Waals surface area contributed by atoms with Crippen LogP contribution in [0.15, 0.2) is 29.3 Å². The van der Waals surface area contributed by atoms with Gasteiger partial charge in [0.05, 0.1) is 11.1 Å². The molecule has 0 fully saturated rings. The van der Waals surface area contributed by atoms with Gasteiger partial charge >= 0.3 is 6.18 Å². The summed E-state index contributed by atoms with van der Waals surface area (Å²) in [6.45, 7) is 4.17. The third-order valence-corrected chi connectivity index (χ3v) is 4.72. The fourth-order valence-electron chi connectivity index (χ4n) is 2.06. The molecule has 1 aromatic carbocycles. The number of alkyl halides is 3. The molecule has 1 aliphatic rings. The summed E-state index contributed by atoms with van der Waals surface area (Å²) >= 11 is 1.56. The number of thioether (sulfide) groups is 1. The Morgan fingerprint density at radius 3 is 2.55 bits per heavy atom. The Morgan fingerprint density at radius 1 is 1.30 bits per heavy atom. The highest BCUT2D eigenvalue weighted by Gasteiger charge is 2.33. The largest absolute Gasteiger partial charge is 0.416 e. The van der Waals surface area contributed by atoms with E-state index in [-0.39, 0.29) is 5.54 Å². The van der Waals surface area contributed by atoms with Crippen LogP contribution in [0.1, 0.15) is 32.3 Å². The van der Waals surface area contributed by atoms with E-state index in [0.29, 0.717) is 10.9 Å². The van der Waals surface area contributed by atoms with Crippen molar-refractivity contribution in [2.45, 2.75) is 38.4 Å². The third-order valence-electron chi connectivity index (χ3n) is 3.57. The molecule has 1 N–H and O–H groups in total. The molecule has 1 heterocycles. The van der Waals surface area contributed by atoms with Crippen LogP contribution in [0, 0.1) is 0 Å². The summed E-state index contributed by atoms with van der Waals surface area (Å²) in [5.74, 6) is 0.876. The minimum atomic E-state index is -4.32. The molecule has 0 aromatic heterocycles. The van der Waals surface area contributed by atoms with Crippen LogP contribution < -0.4 is 5.32 Å². The van der Waals surface area contributed by atoms with Crippen molar-refractivity contribution in [1.29, 1.82) is 0 Å². The molecule has 0 radical (unpaired) electrons. The summed E-state index contributed by atoms with van der Waals surface area (Å²) in [6, 6.07) is 5.20. The first-order valence-corrected chi connectivity index (χ1v) is 7.54. The van der Waals surface area contributed by atoms with Crippen LogP contribution in [0.4, 0.5) is 18.9 Å². The number of anilines is 1. The average molecular weight is 302 g/mol. The van der Waals surface area contributed by atoms with Gasteiger partial charge in [-0.15, -0.1) is 0 Å². The van der Waals surface area contributed by atoms with E-state index < -0.39 is 11.7 Å². The van der Waals surface area contributed by atoms with Crippen LogP contribution >= 0.6 is 11.8 Å². The van der Waals surface area contributed by atoms with E-state index in [2.05, 4.69) is 24.2 Å². The van der Waals surface area contributed by atoms with E-state index in [4.69, 9.17) is 0 Å². The number of hydrogen-bond acceptors (Lipinski definition) is 3. The maximum atomic E-state index is 12.7. The first-order chi connectivity index (χ1) is 9.38. The maximum absolute atomic E-state index is 12.7. The Balaban J connectivity index is 2.16. The Morgan fingerprint density at radius 2 is 2.00 bits per heavy atom. The van der Waals surface area contributed by atoms with Crippen molar-refractivity contribution in [3.8, 4) is 0 Å². The van der Waals surface area contributed by atoms with Gasteiger partial charge in [0.2, 0.25) is 0 Å². The summed E-state index contributed by atoms with van der Waals surface area (Å²) in [5.41, 5.74) is -0.299. The minimum Gasteiger partial charge on any atom is -0.335 e. The van der Waals surface area contributed by atoms with E-state index in [0.717, 1.165) is 30.7 Å². The molecule has 0 atom stereocenters. The van der Waals surface area contributed by atoms with Crippen LogP contribution in [0.3, 0.4) is 0 Å². The summed E-state index contributed by atoms with van der Waals surface area (Å²) in [4.78, 5) is 4.63. The SMILES string of the molecule is CCC1(CC)CSC(Nc2cccc(C(F)(F)F)c2)=N1. The summed E-state index contributed by atoms with van der Waals surface area (Å²) < 4.78 is 38.0. The van der Waals surface area contributed by atoms with Gasteiger partial charge in [-0.05, 0) is 31.0 Å². The lowest BCUT2D eigenvalue weighted by atomic mass is 9.97. The summed E-state index contributed by atoms with van der Waals surface area (Å²) in [6.07, 6.45) is -2.45. The van der Waals surface area contributed by atoms with Crippen molar-refractivity contribution in [2.75, 3.05) is 11.1 Å². The number of nitrogens with one attached hydrogen (secondary N) is 1. The second kappa shape index (κ2) is 5.68. The lowest BCUT2D eigenvalue weighted by Crippen LogP contribution is -2.24. The number of nitrogens with zero attached hydrogens (tertiary/aromatic N) is 1. The molecular formula is C14H17F3N2S. The van der Waals surface area contributed by atoms with Crippen LogP contribution in [-0.4, -0.2) is 16.5 Å². The van der Waals surface area contributed by atoms with E-state index in [9.17, 15) is 13.2 Å². The summed E-state index contributed by atoms with van der Waals surface area (Å²) in [5, 5.41) is 3.69. The van der Waals surface area contributed by atoms with E-state index in [1.165, 1.54) is 6.07 Å². The van der Waals surface area contributed by atoms with Crippen LogP contribution in [0.25, 0.3) is 0 Å².